The maximum atomic E-state index is 14.1. The van der Waals surface area contributed by atoms with E-state index < -0.39 is 11.0 Å². The minimum absolute atomic E-state index is 0.253. The van der Waals surface area contributed by atoms with Crippen LogP contribution in [0.4, 0.5) is 4.39 Å². The summed E-state index contributed by atoms with van der Waals surface area (Å²) in [5.41, 5.74) is 1.75. The molecule has 1 saturated carbocycles. The van der Waals surface area contributed by atoms with Gasteiger partial charge in [-0.1, -0.05) is 18.2 Å². The van der Waals surface area contributed by atoms with Gasteiger partial charge in [-0.2, -0.15) is 5.10 Å². The molecule has 3 heterocycles. The van der Waals surface area contributed by atoms with Crippen LogP contribution in [0.15, 0.2) is 64.2 Å². The van der Waals surface area contributed by atoms with Crippen LogP contribution in [0.25, 0.3) is 22.5 Å². The lowest BCUT2D eigenvalue weighted by Crippen LogP contribution is -2.18. The Morgan fingerprint density at radius 3 is 2.86 bits per heavy atom. The average Bonchev–Trinajstić information content (AvgIpc) is 3.26. The molecule has 0 saturated heterocycles. The van der Waals surface area contributed by atoms with E-state index in [0.717, 1.165) is 18.2 Å². The molecule has 1 atom stereocenters. The molecule has 1 N–H and O–H groups in total. The van der Waals surface area contributed by atoms with Crippen LogP contribution in [0.5, 0.6) is 0 Å². The van der Waals surface area contributed by atoms with Crippen molar-refractivity contribution in [1.29, 1.82) is 0 Å². The smallest absolute Gasteiger partial charge is 0.206 e. The number of aromatic nitrogens is 3. The van der Waals surface area contributed by atoms with Crippen molar-refractivity contribution in [3.8, 4) is 11.5 Å². The SMILES string of the molecule is O=S(NC1CC1)c1ccc(-c2nn(Cc3ccccc3F)c3ncccc23)o1. The summed E-state index contributed by atoms with van der Waals surface area (Å²) in [6.07, 6.45) is 3.75. The van der Waals surface area contributed by atoms with Crippen LogP contribution in [-0.2, 0) is 17.5 Å². The Labute approximate surface area is 163 Å². The summed E-state index contributed by atoms with van der Waals surface area (Å²) in [5, 5.41) is 5.77. The van der Waals surface area contributed by atoms with E-state index in [1.807, 2.05) is 12.1 Å². The van der Waals surface area contributed by atoms with E-state index in [1.165, 1.54) is 6.07 Å². The van der Waals surface area contributed by atoms with Crippen LogP contribution < -0.4 is 4.72 Å². The van der Waals surface area contributed by atoms with E-state index in [4.69, 9.17) is 4.42 Å². The molecule has 1 unspecified atom stereocenters. The molecule has 0 spiro atoms. The number of rotatable bonds is 6. The standard InChI is InChI=1S/C20H17FN4O2S/c21-16-6-2-1-4-13(16)12-25-20-15(5-3-11-22-20)19(23-25)17-9-10-18(27-17)28(26)24-14-7-8-14/h1-6,9-11,14,24H,7-8,12H2. The first kappa shape index (κ1) is 17.3. The molecule has 28 heavy (non-hydrogen) atoms. The van der Waals surface area contributed by atoms with Crippen molar-refractivity contribution in [3.63, 3.8) is 0 Å². The van der Waals surface area contributed by atoms with Gasteiger partial charge in [0.25, 0.3) is 0 Å². The predicted octanol–water partition coefficient (Wildman–Crippen LogP) is 3.65. The van der Waals surface area contributed by atoms with E-state index in [0.29, 0.717) is 33.8 Å². The van der Waals surface area contributed by atoms with E-state index in [-0.39, 0.29) is 12.4 Å². The number of pyridine rings is 1. The Morgan fingerprint density at radius 1 is 1.18 bits per heavy atom. The highest BCUT2D eigenvalue weighted by Gasteiger charge is 2.25. The predicted molar refractivity (Wildman–Crippen MR) is 103 cm³/mol. The molecule has 0 radical (unpaired) electrons. The van der Waals surface area contributed by atoms with Crippen molar-refractivity contribution in [2.45, 2.75) is 30.5 Å². The van der Waals surface area contributed by atoms with Crippen molar-refractivity contribution in [1.82, 2.24) is 19.5 Å². The molecular formula is C20H17FN4O2S. The number of benzene rings is 1. The lowest BCUT2D eigenvalue weighted by atomic mass is 10.2. The second-order valence-corrected chi connectivity index (χ2v) is 7.93. The van der Waals surface area contributed by atoms with Crippen molar-refractivity contribution in [2.75, 3.05) is 0 Å². The van der Waals surface area contributed by atoms with Crippen LogP contribution in [0.1, 0.15) is 18.4 Å². The quantitative estimate of drug-likeness (QED) is 0.540. The van der Waals surface area contributed by atoms with Crippen LogP contribution in [0.2, 0.25) is 0 Å². The number of fused-ring (bicyclic) bond motifs is 1. The maximum Gasteiger partial charge on any atom is 0.206 e. The number of furan rings is 1. The van der Waals surface area contributed by atoms with E-state index >= 15 is 0 Å². The van der Waals surface area contributed by atoms with Gasteiger partial charge in [0.15, 0.2) is 22.4 Å². The number of nitrogens with one attached hydrogen (secondary N) is 1. The van der Waals surface area contributed by atoms with Gasteiger partial charge in [-0.3, -0.25) is 0 Å². The molecule has 0 bridgehead atoms. The van der Waals surface area contributed by atoms with Gasteiger partial charge >= 0.3 is 0 Å². The van der Waals surface area contributed by atoms with Gasteiger partial charge in [0, 0.05) is 17.8 Å². The van der Waals surface area contributed by atoms with E-state index in [9.17, 15) is 8.60 Å². The highest BCUT2D eigenvalue weighted by atomic mass is 32.2. The van der Waals surface area contributed by atoms with Gasteiger partial charge in [-0.05, 0) is 43.2 Å². The molecule has 3 aromatic heterocycles. The Balaban J connectivity index is 1.52. The number of nitrogens with zero attached hydrogens (tertiary/aromatic N) is 3. The van der Waals surface area contributed by atoms with Gasteiger partial charge in [0.1, 0.15) is 11.5 Å². The minimum Gasteiger partial charge on any atom is -0.444 e. The Morgan fingerprint density at radius 2 is 2.04 bits per heavy atom. The van der Waals surface area contributed by atoms with Crippen molar-refractivity contribution >= 4 is 22.0 Å². The topological polar surface area (TPSA) is 73.0 Å². The van der Waals surface area contributed by atoms with Gasteiger partial charge in [0.2, 0.25) is 5.09 Å². The summed E-state index contributed by atoms with van der Waals surface area (Å²) in [6.45, 7) is 0.253. The third-order valence-electron chi connectivity index (χ3n) is 4.63. The Hall–Kier alpha value is -2.84. The summed E-state index contributed by atoms with van der Waals surface area (Å²) >= 11 is 0. The molecule has 1 aromatic carbocycles. The van der Waals surface area contributed by atoms with E-state index in [2.05, 4.69) is 14.8 Å². The second kappa shape index (κ2) is 6.96. The van der Waals surface area contributed by atoms with Crippen LogP contribution in [0, 0.1) is 5.82 Å². The zero-order valence-corrected chi connectivity index (χ0v) is 15.7. The summed E-state index contributed by atoms with van der Waals surface area (Å²) < 4.78 is 36.9. The average molecular weight is 396 g/mol. The highest BCUT2D eigenvalue weighted by Crippen LogP contribution is 2.30. The highest BCUT2D eigenvalue weighted by molar-refractivity contribution is 7.82. The number of hydrogen-bond donors (Lipinski definition) is 1. The Bertz CT molecular complexity index is 1180. The summed E-state index contributed by atoms with van der Waals surface area (Å²) in [7, 11) is -1.38. The molecule has 1 aliphatic rings. The van der Waals surface area contributed by atoms with Crippen LogP contribution in [-0.4, -0.2) is 25.0 Å². The molecule has 4 aromatic rings. The number of hydrogen-bond acceptors (Lipinski definition) is 4. The first-order valence-electron chi connectivity index (χ1n) is 9.02. The third kappa shape index (κ3) is 3.25. The van der Waals surface area contributed by atoms with Crippen molar-refractivity contribution in [3.05, 3.63) is 66.1 Å². The fourth-order valence-electron chi connectivity index (χ4n) is 3.05. The van der Waals surface area contributed by atoms with Crippen molar-refractivity contribution in [2.24, 2.45) is 0 Å². The van der Waals surface area contributed by atoms with Gasteiger partial charge in [-0.25, -0.2) is 23.0 Å². The normalized spacial score (nSPS) is 15.2. The molecule has 1 aliphatic carbocycles. The molecule has 142 valence electrons. The van der Waals surface area contributed by atoms with Crippen molar-refractivity contribution < 1.29 is 13.0 Å². The van der Waals surface area contributed by atoms with Gasteiger partial charge in [-0.15, -0.1) is 0 Å². The summed E-state index contributed by atoms with van der Waals surface area (Å²) in [5.74, 6) is 0.219. The molecule has 0 aliphatic heterocycles. The zero-order chi connectivity index (χ0) is 19.1. The lowest BCUT2D eigenvalue weighted by molar-refractivity contribution is 0.473. The number of halogens is 1. The minimum atomic E-state index is -1.38. The van der Waals surface area contributed by atoms with Crippen LogP contribution >= 0.6 is 0 Å². The fraction of sp³-hybridized carbons (Fsp3) is 0.200. The van der Waals surface area contributed by atoms with E-state index in [1.54, 1.807) is 41.2 Å². The largest absolute Gasteiger partial charge is 0.444 e. The molecule has 1 fully saturated rings. The van der Waals surface area contributed by atoms with Gasteiger partial charge in [0.05, 0.1) is 11.9 Å². The zero-order valence-electron chi connectivity index (χ0n) is 14.8. The molecule has 0 amide bonds. The second-order valence-electron chi connectivity index (χ2n) is 6.75. The first-order valence-corrected chi connectivity index (χ1v) is 10.2. The third-order valence-corrected chi connectivity index (χ3v) is 5.77. The molecule has 6 nitrogen and oxygen atoms in total. The molecule has 5 rings (SSSR count). The summed E-state index contributed by atoms with van der Waals surface area (Å²) in [6, 6.07) is 14.1. The first-order chi connectivity index (χ1) is 13.7. The van der Waals surface area contributed by atoms with Gasteiger partial charge < -0.3 is 4.42 Å². The lowest BCUT2D eigenvalue weighted by Gasteiger charge is -2.04. The monoisotopic (exact) mass is 396 g/mol. The Kier molecular flexibility index (Phi) is 4.29. The maximum absolute atomic E-state index is 14.1. The summed E-state index contributed by atoms with van der Waals surface area (Å²) in [4.78, 5) is 4.41. The van der Waals surface area contributed by atoms with Crippen LogP contribution in [0.3, 0.4) is 0 Å². The molecule has 8 heteroatoms. The molecular weight excluding hydrogens is 379 g/mol. The fourth-order valence-corrected chi connectivity index (χ4v) is 4.06.